The normalized spacial score (nSPS) is 34.9. The van der Waals surface area contributed by atoms with Crippen LogP contribution in [-0.4, -0.2) is 98.3 Å². The molecule has 0 aromatic heterocycles. The zero-order chi connectivity index (χ0) is 21.0. The van der Waals surface area contributed by atoms with Gasteiger partial charge in [0.05, 0.1) is 44.7 Å². The molecule has 5 fully saturated rings. The van der Waals surface area contributed by atoms with E-state index < -0.39 is 6.10 Å². The van der Waals surface area contributed by atoms with Crippen LogP contribution in [0.1, 0.15) is 45.4 Å². The quantitative estimate of drug-likeness (QED) is 0.398. The molecule has 0 spiro atoms. The van der Waals surface area contributed by atoms with Crippen LogP contribution in [0.15, 0.2) is 0 Å². The molecule has 1 atom stereocenters. The molecule has 7 nitrogen and oxygen atoms in total. The summed E-state index contributed by atoms with van der Waals surface area (Å²) in [5, 5.41) is 10.3. The van der Waals surface area contributed by atoms with Crippen LogP contribution in [0.3, 0.4) is 0 Å². The minimum atomic E-state index is -0.485. The lowest BCUT2D eigenvalue weighted by Gasteiger charge is -2.56. The number of hydrogen-bond acceptors (Lipinski definition) is 7. The summed E-state index contributed by atoms with van der Waals surface area (Å²) in [5.41, 5.74) is 0.139. The molecule has 1 unspecified atom stereocenters. The van der Waals surface area contributed by atoms with Crippen LogP contribution in [0, 0.1) is 17.8 Å². The number of piperazine rings is 1. The van der Waals surface area contributed by atoms with Crippen LogP contribution in [0.2, 0.25) is 0 Å². The van der Waals surface area contributed by atoms with Gasteiger partial charge in [0.1, 0.15) is 0 Å². The average Bonchev–Trinajstić information content (AvgIpc) is 2.68. The van der Waals surface area contributed by atoms with Crippen LogP contribution in [0.4, 0.5) is 0 Å². The molecule has 172 valence electrons. The molecule has 0 amide bonds. The highest BCUT2D eigenvalue weighted by Crippen LogP contribution is 2.57. The molecule has 1 saturated heterocycles. The summed E-state index contributed by atoms with van der Waals surface area (Å²) in [7, 11) is 0. The first-order valence-electron chi connectivity index (χ1n) is 12.0. The van der Waals surface area contributed by atoms with Gasteiger partial charge in [0.15, 0.2) is 0 Å². The molecule has 4 saturated carbocycles. The van der Waals surface area contributed by atoms with Gasteiger partial charge in [-0.15, -0.1) is 0 Å². The maximum absolute atomic E-state index is 11.6. The maximum Gasteiger partial charge on any atom is 0.320 e. The Balaban J connectivity index is 1.05. The van der Waals surface area contributed by atoms with Crippen molar-refractivity contribution < 1.29 is 24.1 Å². The number of aliphatic hydroxyl groups is 1. The lowest BCUT2D eigenvalue weighted by Crippen LogP contribution is -2.52. The first-order valence-corrected chi connectivity index (χ1v) is 12.0. The number of carbonyl (C=O) groups is 1. The third-order valence-electron chi connectivity index (χ3n) is 7.52. The fourth-order valence-corrected chi connectivity index (χ4v) is 6.61. The van der Waals surface area contributed by atoms with Gasteiger partial charge in [0.2, 0.25) is 0 Å². The van der Waals surface area contributed by atoms with Crippen molar-refractivity contribution in [3.63, 3.8) is 0 Å². The lowest BCUT2D eigenvalue weighted by molar-refractivity contribution is -0.170. The fraction of sp³-hybridized carbons (Fsp3) is 0.957. The summed E-state index contributed by atoms with van der Waals surface area (Å²) in [6, 6.07) is 0. The van der Waals surface area contributed by atoms with Crippen molar-refractivity contribution in [1.29, 1.82) is 0 Å². The van der Waals surface area contributed by atoms with Crippen molar-refractivity contribution in [2.45, 2.75) is 57.2 Å². The van der Waals surface area contributed by atoms with Gasteiger partial charge in [-0.1, -0.05) is 0 Å². The molecule has 5 aliphatic rings. The highest BCUT2D eigenvalue weighted by Gasteiger charge is 2.51. The fourth-order valence-electron chi connectivity index (χ4n) is 6.61. The maximum atomic E-state index is 11.6. The van der Waals surface area contributed by atoms with E-state index in [1.807, 2.05) is 6.92 Å². The van der Waals surface area contributed by atoms with Crippen molar-refractivity contribution in [2.24, 2.45) is 17.8 Å². The number of aliphatic hydroxyl groups excluding tert-OH is 1. The highest BCUT2D eigenvalue weighted by molar-refractivity contribution is 5.71. The van der Waals surface area contributed by atoms with Crippen LogP contribution in [0.25, 0.3) is 0 Å². The van der Waals surface area contributed by atoms with Crippen LogP contribution in [0.5, 0.6) is 0 Å². The number of ether oxygens (including phenoxy) is 3. The third-order valence-corrected chi connectivity index (χ3v) is 7.52. The number of nitrogens with zero attached hydrogens (tertiary/aromatic N) is 2. The van der Waals surface area contributed by atoms with Gasteiger partial charge in [-0.2, -0.15) is 0 Å². The minimum absolute atomic E-state index is 0.139. The van der Waals surface area contributed by atoms with E-state index in [4.69, 9.17) is 14.2 Å². The van der Waals surface area contributed by atoms with Crippen molar-refractivity contribution in [3.05, 3.63) is 0 Å². The van der Waals surface area contributed by atoms with Crippen LogP contribution >= 0.6 is 0 Å². The molecule has 7 heteroatoms. The van der Waals surface area contributed by atoms with Crippen molar-refractivity contribution >= 4 is 5.97 Å². The second-order valence-corrected chi connectivity index (χ2v) is 10.1. The van der Waals surface area contributed by atoms with E-state index >= 15 is 0 Å². The highest BCUT2D eigenvalue weighted by atomic mass is 16.5. The Labute approximate surface area is 181 Å². The Bertz CT molecular complexity index is 529. The van der Waals surface area contributed by atoms with Gasteiger partial charge in [-0.25, -0.2) is 0 Å². The number of rotatable bonds is 11. The van der Waals surface area contributed by atoms with Gasteiger partial charge in [0.25, 0.3) is 0 Å². The second-order valence-electron chi connectivity index (χ2n) is 10.1. The van der Waals surface area contributed by atoms with Crippen LogP contribution < -0.4 is 0 Å². The first-order chi connectivity index (χ1) is 14.5. The summed E-state index contributed by atoms with van der Waals surface area (Å²) in [4.78, 5) is 15.9. The Morgan fingerprint density at radius 2 is 1.60 bits per heavy atom. The molecule has 1 heterocycles. The summed E-state index contributed by atoms with van der Waals surface area (Å²) in [6.07, 6.45) is 7.57. The van der Waals surface area contributed by atoms with Gasteiger partial charge >= 0.3 is 5.97 Å². The van der Waals surface area contributed by atoms with Crippen molar-refractivity contribution in [2.75, 3.05) is 65.7 Å². The number of carbonyl (C=O) groups excluding carboxylic acids is 1. The molecule has 5 rings (SSSR count). The molecule has 30 heavy (non-hydrogen) atoms. The van der Waals surface area contributed by atoms with E-state index in [0.29, 0.717) is 39.5 Å². The standard InChI is InChI=1S/C23H40N2O5/c1-2-29-22(27)16-25-5-3-24(4-6-25)15-21(26)17-28-7-8-30-23-12-18-9-19(13-23)11-20(10-18)14-23/h18-21,26H,2-17H2,1H3. The monoisotopic (exact) mass is 424 g/mol. The number of esters is 1. The van der Waals surface area contributed by atoms with E-state index in [2.05, 4.69) is 9.80 Å². The van der Waals surface area contributed by atoms with E-state index in [1.165, 1.54) is 38.5 Å². The number of β-amino-alcohol motifs (C(OH)–C–C–N with tert-alkyl or cyclic N) is 1. The lowest BCUT2D eigenvalue weighted by atomic mass is 9.54. The van der Waals surface area contributed by atoms with Crippen molar-refractivity contribution in [3.8, 4) is 0 Å². The molecule has 0 radical (unpaired) electrons. The number of hydrogen-bond donors (Lipinski definition) is 1. The largest absolute Gasteiger partial charge is 0.465 e. The summed E-state index contributed by atoms with van der Waals surface area (Å²) < 4.78 is 17.1. The molecule has 1 N–H and O–H groups in total. The zero-order valence-corrected chi connectivity index (χ0v) is 18.6. The Hall–Kier alpha value is -0.730. The SMILES string of the molecule is CCOC(=O)CN1CCN(CC(O)COCCOC23CC4CC(CC(C4)C2)C3)CC1. The molecule has 4 aliphatic carbocycles. The smallest absolute Gasteiger partial charge is 0.320 e. The van der Waals surface area contributed by atoms with Gasteiger partial charge in [0, 0.05) is 32.7 Å². The molecule has 0 aromatic rings. The molecular weight excluding hydrogens is 384 g/mol. The molecule has 4 bridgehead atoms. The van der Waals surface area contributed by atoms with Crippen LogP contribution in [-0.2, 0) is 19.0 Å². The summed E-state index contributed by atoms with van der Waals surface area (Å²) in [6.45, 7) is 8.14. The topological polar surface area (TPSA) is 71.5 Å². The minimum Gasteiger partial charge on any atom is -0.465 e. The summed E-state index contributed by atoms with van der Waals surface area (Å²) in [5.74, 6) is 2.54. The van der Waals surface area contributed by atoms with E-state index in [9.17, 15) is 9.90 Å². The predicted octanol–water partition coefficient (Wildman–Crippen LogP) is 1.53. The zero-order valence-electron chi connectivity index (χ0n) is 18.6. The third kappa shape index (κ3) is 5.94. The summed E-state index contributed by atoms with van der Waals surface area (Å²) >= 11 is 0. The van der Waals surface area contributed by atoms with Crippen molar-refractivity contribution in [1.82, 2.24) is 9.80 Å². The predicted molar refractivity (Wildman–Crippen MR) is 113 cm³/mol. The molecule has 1 aliphatic heterocycles. The van der Waals surface area contributed by atoms with Gasteiger partial charge < -0.3 is 19.3 Å². The Morgan fingerprint density at radius 3 is 2.20 bits per heavy atom. The average molecular weight is 425 g/mol. The molecular formula is C23H40N2O5. The Morgan fingerprint density at radius 1 is 1.00 bits per heavy atom. The van der Waals surface area contributed by atoms with Gasteiger partial charge in [-0.3, -0.25) is 14.6 Å². The van der Waals surface area contributed by atoms with E-state index in [-0.39, 0.29) is 11.6 Å². The second kappa shape index (κ2) is 10.3. The van der Waals surface area contributed by atoms with Gasteiger partial charge in [-0.05, 0) is 63.2 Å². The van der Waals surface area contributed by atoms with E-state index in [0.717, 1.165) is 43.9 Å². The Kier molecular flexibility index (Phi) is 7.68. The molecule has 0 aromatic carbocycles. The first kappa shape index (κ1) is 22.5. The van der Waals surface area contributed by atoms with E-state index in [1.54, 1.807) is 0 Å².